The molecule has 1 rings (SSSR count). The van der Waals surface area contributed by atoms with Gasteiger partial charge in [0.25, 0.3) is 0 Å². The summed E-state index contributed by atoms with van der Waals surface area (Å²) >= 11 is 0. The zero-order valence-corrected chi connectivity index (χ0v) is 9.70. The van der Waals surface area contributed by atoms with Gasteiger partial charge >= 0.3 is 5.97 Å². The van der Waals surface area contributed by atoms with Crippen LogP contribution in [0.4, 0.5) is 0 Å². The van der Waals surface area contributed by atoms with Crippen molar-refractivity contribution in [1.82, 2.24) is 5.32 Å². The Morgan fingerprint density at radius 2 is 2.12 bits per heavy atom. The van der Waals surface area contributed by atoms with Crippen molar-refractivity contribution in [3.05, 3.63) is 12.7 Å². The Morgan fingerprint density at radius 3 is 2.62 bits per heavy atom. The number of hydrogen-bond acceptors (Lipinski definition) is 3. The van der Waals surface area contributed by atoms with Crippen LogP contribution in [0.1, 0.15) is 32.1 Å². The van der Waals surface area contributed by atoms with E-state index in [4.69, 9.17) is 0 Å². The molecular weight excluding hydrogens is 206 g/mol. The quantitative estimate of drug-likeness (QED) is 0.568. The lowest BCUT2D eigenvalue weighted by Crippen LogP contribution is -2.43. The van der Waals surface area contributed by atoms with E-state index in [2.05, 4.69) is 16.6 Å². The summed E-state index contributed by atoms with van der Waals surface area (Å²) in [4.78, 5) is 23.2. The Balaban J connectivity index is 2.49. The molecule has 1 N–H and O–H groups in total. The molecule has 1 aliphatic carbocycles. The van der Waals surface area contributed by atoms with Crippen molar-refractivity contribution in [1.29, 1.82) is 0 Å². The first-order valence-electron chi connectivity index (χ1n) is 5.68. The van der Waals surface area contributed by atoms with Crippen LogP contribution in [0.15, 0.2) is 12.7 Å². The van der Waals surface area contributed by atoms with Crippen LogP contribution in [0.5, 0.6) is 0 Å². The summed E-state index contributed by atoms with van der Waals surface area (Å²) in [6.07, 6.45) is 6.06. The minimum Gasteiger partial charge on any atom is -0.467 e. The molecule has 1 amide bonds. The monoisotopic (exact) mass is 225 g/mol. The largest absolute Gasteiger partial charge is 0.467 e. The molecule has 1 fully saturated rings. The minimum atomic E-state index is -0.587. The molecule has 4 heteroatoms. The van der Waals surface area contributed by atoms with Gasteiger partial charge in [0.2, 0.25) is 5.91 Å². The number of carbonyl (C=O) groups excluding carboxylic acids is 2. The molecule has 0 aromatic carbocycles. The van der Waals surface area contributed by atoms with Crippen LogP contribution in [0.3, 0.4) is 0 Å². The van der Waals surface area contributed by atoms with Gasteiger partial charge in [-0.15, -0.1) is 6.58 Å². The van der Waals surface area contributed by atoms with E-state index >= 15 is 0 Å². The van der Waals surface area contributed by atoms with Crippen LogP contribution in [0, 0.1) is 5.92 Å². The third-order valence-corrected chi connectivity index (χ3v) is 2.93. The Labute approximate surface area is 96.0 Å². The summed E-state index contributed by atoms with van der Waals surface area (Å²) in [5.74, 6) is -0.377. The van der Waals surface area contributed by atoms with Crippen molar-refractivity contribution >= 4 is 11.9 Å². The van der Waals surface area contributed by atoms with E-state index in [0.29, 0.717) is 6.42 Å². The zero-order chi connectivity index (χ0) is 12.0. The fraction of sp³-hybridized carbons (Fsp3) is 0.667. The molecule has 1 saturated carbocycles. The summed E-state index contributed by atoms with van der Waals surface area (Å²) in [5, 5.41) is 2.73. The second-order valence-corrected chi connectivity index (χ2v) is 4.09. The van der Waals surface area contributed by atoms with Gasteiger partial charge in [0.05, 0.1) is 7.11 Å². The molecule has 16 heavy (non-hydrogen) atoms. The van der Waals surface area contributed by atoms with E-state index in [0.717, 1.165) is 25.7 Å². The number of nitrogens with one attached hydrogen (secondary N) is 1. The first kappa shape index (κ1) is 12.7. The normalized spacial score (nSPS) is 17.8. The number of amides is 1. The highest BCUT2D eigenvalue weighted by atomic mass is 16.5. The van der Waals surface area contributed by atoms with Crippen LogP contribution >= 0.6 is 0 Å². The van der Waals surface area contributed by atoms with Gasteiger partial charge in [0, 0.05) is 5.92 Å². The van der Waals surface area contributed by atoms with E-state index < -0.39 is 12.0 Å². The molecule has 4 nitrogen and oxygen atoms in total. The molecule has 90 valence electrons. The van der Waals surface area contributed by atoms with Gasteiger partial charge in [-0.05, 0) is 19.3 Å². The number of esters is 1. The third kappa shape index (κ3) is 3.36. The van der Waals surface area contributed by atoms with Gasteiger partial charge < -0.3 is 10.1 Å². The van der Waals surface area contributed by atoms with Crippen molar-refractivity contribution in [2.45, 2.75) is 38.1 Å². The lowest BCUT2D eigenvalue weighted by atomic mass is 10.1. The summed E-state index contributed by atoms with van der Waals surface area (Å²) in [5.41, 5.74) is 0. The Bertz CT molecular complexity index is 269. The van der Waals surface area contributed by atoms with Crippen LogP contribution < -0.4 is 5.32 Å². The SMILES string of the molecule is C=CCC(NC(=O)C1CCCC1)C(=O)OC. The summed E-state index contributed by atoms with van der Waals surface area (Å²) in [6, 6.07) is -0.587. The average Bonchev–Trinajstić information content (AvgIpc) is 2.80. The summed E-state index contributed by atoms with van der Waals surface area (Å²) in [6.45, 7) is 3.56. The van der Waals surface area contributed by atoms with Gasteiger partial charge in [-0.2, -0.15) is 0 Å². The molecule has 0 bridgehead atoms. The molecule has 1 atom stereocenters. The van der Waals surface area contributed by atoms with Crippen molar-refractivity contribution in [2.75, 3.05) is 7.11 Å². The maximum Gasteiger partial charge on any atom is 0.328 e. The Morgan fingerprint density at radius 1 is 1.50 bits per heavy atom. The lowest BCUT2D eigenvalue weighted by molar-refractivity contribution is -0.145. The Kier molecular flexibility index (Phi) is 5.02. The van der Waals surface area contributed by atoms with E-state index in [1.165, 1.54) is 7.11 Å². The molecule has 1 unspecified atom stereocenters. The first-order valence-corrected chi connectivity index (χ1v) is 5.68. The van der Waals surface area contributed by atoms with Gasteiger partial charge in [0.1, 0.15) is 6.04 Å². The van der Waals surface area contributed by atoms with Crippen LogP contribution in [0.2, 0.25) is 0 Å². The van der Waals surface area contributed by atoms with E-state index in [-0.39, 0.29) is 11.8 Å². The van der Waals surface area contributed by atoms with Gasteiger partial charge in [-0.25, -0.2) is 4.79 Å². The number of hydrogen-bond donors (Lipinski definition) is 1. The molecular formula is C12H19NO3. The summed E-state index contributed by atoms with van der Waals surface area (Å²) in [7, 11) is 1.32. The maximum absolute atomic E-state index is 11.8. The fourth-order valence-electron chi connectivity index (χ4n) is 2.00. The van der Waals surface area contributed by atoms with Crippen LogP contribution in [0.25, 0.3) is 0 Å². The fourth-order valence-corrected chi connectivity index (χ4v) is 2.00. The maximum atomic E-state index is 11.8. The van der Waals surface area contributed by atoms with Crippen molar-refractivity contribution in [3.63, 3.8) is 0 Å². The van der Waals surface area contributed by atoms with Gasteiger partial charge in [-0.1, -0.05) is 18.9 Å². The second-order valence-electron chi connectivity index (χ2n) is 4.09. The van der Waals surface area contributed by atoms with E-state index in [9.17, 15) is 9.59 Å². The zero-order valence-electron chi connectivity index (χ0n) is 9.70. The second kappa shape index (κ2) is 6.30. The standard InChI is InChI=1S/C12H19NO3/c1-3-6-10(12(15)16-2)13-11(14)9-7-4-5-8-9/h3,9-10H,1,4-8H2,2H3,(H,13,14). The Hall–Kier alpha value is -1.32. The summed E-state index contributed by atoms with van der Waals surface area (Å²) < 4.78 is 4.63. The van der Waals surface area contributed by atoms with E-state index in [1.807, 2.05) is 0 Å². The predicted molar refractivity (Wildman–Crippen MR) is 60.7 cm³/mol. The highest BCUT2D eigenvalue weighted by molar-refractivity contribution is 5.85. The average molecular weight is 225 g/mol. The number of rotatable bonds is 5. The molecule has 0 aromatic rings. The minimum absolute atomic E-state index is 0.0326. The van der Waals surface area contributed by atoms with Crippen molar-refractivity contribution in [3.8, 4) is 0 Å². The highest BCUT2D eigenvalue weighted by Gasteiger charge is 2.27. The molecule has 0 aromatic heterocycles. The number of carbonyl (C=O) groups is 2. The number of ether oxygens (including phenoxy) is 1. The molecule has 0 saturated heterocycles. The van der Waals surface area contributed by atoms with Crippen LogP contribution in [-0.4, -0.2) is 25.0 Å². The number of methoxy groups -OCH3 is 1. The molecule has 0 heterocycles. The van der Waals surface area contributed by atoms with Gasteiger partial charge in [0.15, 0.2) is 0 Å². The molecule has 0 aliphatic heterocycles. The van der Waals surface area contributed by atoms with E-state index in [1.54, 1.807) is 6.08 Å². The molecule has 0 spiro atoms. The highest BCUT2D eigenvalue weighted by Crippen LogP contribution is 2.24. The van der Waals surface area contributed by atoms with Gasteiger partial charge in [-0.3, -0.25) is 4.79 Å². The van der Waals surface area contributed by atoms with Crippen LogP contribution in [-0.2, 0) is 14.3 Å². The molecule has 0 radical (unpaired) electrons. The predicted octanol–water partition coefficient (Wildman–Crippen LogP) is 1.41. The van der Waals surface area contributed by atoms with Crippen molar-refractivity contribution < 1.29 is 14.3 Å². The lowest BCUT2D eigenvalue weighted by Gasteiger charge is -2.17. The molecule has 1 aliphatic rings. The topological polar surface area (TPSA) is 55.4 Å². The first-order chi connectivity index (χ1) is 7.69. The van der Waals surface area contributed by atoms with Crippen molar-refractivity contribution in [2.24, 2.45) is 5.92 Å². The third-order valence-electron chi connectivity index (χ3n) is 2.93. The smallest absolute Gasteiger partial charge is 0.328 e.